The molecule has 0 aliphatic rings. The SMILES string of the molecule is COC(=O)c1ccc(C)c(NC(=O)CSc2nnc(-c3ccoc3C)n2C)c1. The molecular weight excluding hydrogens is 380 g/mol. The van der Waals surface area contributed by atoms with Gasteiger partial charge in [0.05, 0.1) is 30.3 Å². The molecule has 0 atom stereocenters. The van der Waals surface area contributed by atoms with E-state index >= 15 is 0 Å². The highest BCUT2D eigenvalue weighted by Crippen LogP contribution is 2.26. The summed E-state index contributed by atoms with van der Waals surface area (Å²) in [6.07, 6.45) is 1.60. The van der Waals surface area contributed by atoms with Gasteiger partial charge in [-0.3, -0.25) is 4.79 Å². The molecule has 1 amide bonds. The number of rotatable bonds is 6. The van der Waals surface area contributed by atoms with Crippen LogP contribution < -0.4 is 5.32 Å². The Morgan fingerprint density at radius 1 is 1.25 bits per heavy atom. The van der Waals surface area contributed by atoms with E-state index in [4.69, 9.17) is 9.15 Å². The third kappa shape index (κ3) is 4.09. The Labute approximate surface area is 166 Å². The lowest BCUT2D eigenvalue weighted by molar-refractivity contribution is -0.113. The predicted octanol–water partition coefficient (Wildman–Crippen LogP) is 3.21. The van der Waals surface area contributed by atoms with Gasteiger partial charge in [-0.1, -0.05) is 17.8 Å². The second-order valence-corrected chi connectivity index (χ2v) is 7.06. The minimum atomic E-state index is -0.453. The van der Waals surface area contributed by atoms with E-state index in [1.165, 1.54) is 18.9 Å². The van der Waals surface area contributed by atoms with Crippen molar-refractivity contribution in [3.05, 3.63) is 47.4 Å². The maximum Gasteiger partial charge on any atom is 0.337 e. The van der Waals surface area contributed by atoms with E-state index in [1.54, 1.807) is 24.5 Å². The fourth-order valence-corrected chi connectivity index (χ4v) is 3.32. The van der Waals surface area contributed by atoms with E-state index in [1.807, 2.05) is 31.5 Å². The molecule has 28 heavy (non-hydrogen) atoms. The van der Waals surface area contributed by atoms with Crippen LogP contribution in [0.4, 0.5) is 5.69 Å². The first-order valence-electron chi connectivity index (χ1n) is 8.46. The second-order valence-electron chi connectivity index (χ2n) is 6.11. The van der Waals surface area contributed by atoms with Crippen molar-refractivity contribution in [2.24, 2.45) is 7.05 Å². The average Bonchev–Trinajstić information content (AvgIpc) is 3.26. The maximum atomic E-state index is 12.4. The Balaban J connectivity index is 1.66. The predicted molar refractivity (Wildman–Crippen MR) is 105 cm³/mol. The lowest BCUT2D eigenvalue weighted by Gasteiger charge is -2.10. The second kappa shape index (κ2) is 8.30. The van der Waals surface area contributed by atoms with Crippen LogP contribution in [0.2, 0.25) is 0 Å². The van der Waals surface area contributed by atoms with E-state index in [-0.39, 0.29) is 11.7 Å². The van der Waals surface area contributed by atoms with E-state index in [0.717, 1.165) is 16.9 Å². The molecule has 0 radical (unpaired) electrons. The highest BCUT2D eigenvalue weighted by atomic mass is 32.2. The van der Waals surface area contributed by atoms with Crippen molar-refractivity contribution < 1.29 is 18.7 Å². The molecule has 0 saturated carbocycles. The van der Waals surface area contributed by atoms with Gasteiger partial charge in [-0.2, -0.15) is 0 Å². The van der Waals surface area contributed by atoms with Crippen LogP contribution in [-0.4, -0.2) is 39.5 Å². The summed E-state index contributed by atoms with van der Waals surface area (Å²) in [5.41, 5.74) is 2.66. The number of aryl methyl sites for hydroxylation is 2. The molecule has 1 N–H and O–H groups in total. The first-order chi connectivity index (χ1) is 13.4. The molecule has 0 spiro atoms. The first-order valence-corrected chi connectivity index (χ1v) is 9.44. The maximum absolute atomic E-state index is 12.4. The quantitative estimate of drug-likeness (QED) is 0.501. The number of ether oxygens (including phenoxy) is 1. The number of carbonyl (C=O) groups excluding carboxylic acids is 2. The molecule has 8 nitrogen and oxygen atoms in total. The molecule has 2 aromatic heterocycles. The van der Waals surface area contributed by atoms with Crippen molar-refractivity contribution in [2.75, 3.05) is 18.2 Å². The molecule has 0 unspecified atom stereocenters. The third-order valence-corrected chi connectivity index (χ3v) is 5.22. The number of nitrogens with one attached hydrogen (secondary N) is 1. The summed E-state index contributed by atoms with van der Waals surface area (Å²) in [6, 6.07) is 6.85. The van der Waals surface area contributed by atoms with Gasteiger partial charge in [0.2, 0.25) is 5.91 Å². The van der Waals surface area contributed by atoms with Crippen molar-refractivity contribution in [3.63, 3.8) is 0 Å². The molecule has 0 fully saturated rings. The Kier molecular flexibility index (Phi) is 5.84. The molecule has 9 heteroatoms. The van der Waals surface area contributed by atoms with Gasteiger partial charge >= 0.3 is 5.97 Å². The number of hydrogen-bond acceptors (Lipinski definition) is 7. The fourth-order valence-electron chi connectivity index (χ4n) is 2.61. The summed E-state index contributed by atoms with van der Waals surface area (Å²) in [5, 5.41) is 11.8. The van der Waals surface area contributed by atoms with E-state index in [0.29, 0.717) is 22.2 Å². The number of furan rings is 1. The van der Waals surface area contributed by atoms with E-state index in [2.05, 4.69) is 15.5 Å². The van der Waals surface area contributed by atoms with Gasteiger partial charge in [-0.05, 0) is 37.6 Å². The zero-order valence-electron chi connectivity index (χ0n) is 16.0. The number of benzene rings is 1. The highest BCUT2D eigenvalue weighted by molar-refractivity contribution is 7.99. The van der Waals surface area contributed by atoms with Crippen molar-refractivity contribution >= 4 is 29.3 Å². The average molecular weight is 400 g/mol. The summed E-state index contributed by atoms with van der Waals surface area (Å²) >= 11 is 1.27. The summed E-state index contributed by atoms with van der Waals surface area (Å²) in [5.74, 6) is 0.921. The van der Waals surface area contributed by atoms with Crippen LogP contribution >= 0.6 is 11.8 Å². The Hall–Kier alpha value is -3.07. The van der Waals surface area contributed by atoms with Crippen LogP contribution in [0.25, 0.3) is 11.4 Å². The molecule has 3 rings (SSSR count). The van der Waals surface area contributed by atoms with Gasteiger partial charge in [-0.15, -0.1) is 10.2 Å². The van der Waals surface area contributed by atoms with Crippen LogP contribution in [0.3, 0.4) is 0 Å². The van der Waals surface area contributed by atoms with Gasteiger partial charge in [0.15, 0.2) is 11.0 Å². The van der Waals surface area contributed by atoms with Crippen LogP contribution in [-0.2, 0) is 16.6 Å². The van der Waals surface area contributed by atoms with Crippen LogP contribution in [0.15, 0.2) is 40.1 Å². The Bertz CT molecular complexity index is 1020. The minimum absolute atomic E-state index is 0.151. The summed E-state index contributed by atoms with van der Waals surface area (Å²) < 4.78 is 11.8. The molecule has 2 heterocycles. The molecule has 0 aliphatic heterocycles. The molecule has 0 saturated heterocycles. The number of carbonyl (C=O) groups is 2. The first kappa shape index (κ1) is 19.7. The number of thioether (sulfide) groups is 1. The van der Waals surface area contributed by atoms with Gasteiger partial charge in [-0.25, -0.2) is 4.79 Å². The number of nitrogens with zero attached hydrogens (tertiary/aromatic N) is 3. The molecular formula is C19H20N4O4S. The zero-order valence-corrected chi connectivity index (χ0v) is 16.8. The van der Waals surface area contributed by atoms with Crippen molar-refractivity contribution in [1.82, 2.24) is 14.8 Å². The normalized spacial score (nSPS) is 10.7. The van der Waals surface area contributed by atoms with Crippen molar-refractivity contribution in [3.8, 4) is 11.4 Å². The van der Waals surface area contributed by atoms with E-state index in [9.17, 15) is 9.59 Å². The Morgan fingerprint density at radius 2 is 2.04 bits per heavy atom. The summed E-state index contributed by atoms with van der Waals surface area (Å²) in [4.78, 5) is 24.0. The monoisotopic (exact) mass is 400 g/mol. The minimum Gasteiger partial charge on any atom is -0.469 e. The molecule has 3 aromatic rings. The lowest BCUT2D eigenvalue weighted by Crippen LogP contribution is -2.16. The summed E-state index contributed by atoms with van der Waals surface area (Å²) in [6.45, 7) is 3.71. The largest absolute Gasteiger partial charge is 0.469 e. The highest BCUT2D eigenvalue weighted by Gasteiger charge is 2.16. The lowest BCUT2D eigenvalue weighted by atomic mass is 10.1. The third-order valence-electron chi connectivity index (χ3n) is 4.20. The topological polar surface area (TPSA) is 99.2 Å². The number of anilines is 1. The van der Waals surface area contributed by atoms with Crippen LogP contribution in [0.1, 0.15) is 21.7 Å². The number of aromatic nitrogens is 3. The molecule has 0 bridgehead atoms. The van der Waals surface area contributed by atoms with Crippen LogP contribution in [0, 0.1) is 13.8 Å². The van der Waals surface area contributed by atoms with Gasteiger partial charge in [0.25, 0.3) is 0 Å². The van der Waals surface area contributed by atoms with Gasteiger partial charge in [0, 0.05) is 12.7 Å². The number of methoxy groups -OCH3 is 1. The molecule has 0 aliphatic carbocycles. The van der Waals surface area contributed by atoms with Crippen LogP contribution in [0.5, 0.6) is 0 Å². The molecule has 1 aromatic carbocycles. The number of hydrogen-bond donors (Lipinski definition) is 1. The van der Waals surface area contributed by atoms with Gasteiger partial charge < -0.3 is 19.0 Å². The standard InChI is InChI=1S/C19H20N4O4S/c1-11-5-6-13(18(25)26-4)9-15(11)20-16(24)10-28-19-22-21-17(23(19)3)14-7-8-27-12(14)2/h5-9H,10H2,1-4H3,(H,20,24). The van der Waals surface area contributed by atoms with Gasteiger partial charge in [0.1, 0.15) is 5.76 Å². The van der Waals surface area contributed by atoms with E-state index < -0.39 is 5.97 Å². The molecule has 146 valence electrons. The number of esters is 1. The Morgan fingerprint density at radius 3 is 2.71 bits per heavy atom. The number of amides is 1. The zero-order chi connectivity index (χ0) is 20.3. The fraction of sp³-hybridized carbons (Fsp3) is 0.263. The van der Waals surface area contributed by atoms with Crippen molar-refractivity contribution in [1.29, 1.82) is 0 Å². The smallest absolute Gasteiger partial charge is 0.337 e. The van der Waals surface area contributed by atoms with Crippen molar-refractivity contribution in [2.45, 2.75) is 19.0 Å². The summed E-state index contributed by atoms with van der Waals surface area (Å²) in [7, 11) is 3.16.